The Morgan fingerprint density at radius 1 is 1.11 bits per heavy atom. The highest BCUT2D eigenvalue weighted by atomic mass is 16.4. The largest absolute Gasteiger partial charge is 0.406 e. The van der Waals surface area contributed by atoms with Gasteiger partial charge in [-0.05, 0) is 39.2 Å². The molecular weight excluding hydrogens is 240 g/mol. The first kappa shape index (κ1) is 16.0. The molecule has 1 rings (SSSR count). The van der Waals surface area contributed by atoms with Crippen LogP contribution in [0.2, 0.25) is 0 Å². The van der Waals surface area contributed by atoms with Gasteiger partial charge in [0.15, 0.2) is 0 Å². The number of aromatic nitrogens is 2. The van der Waals surface area contributed by atoms with Gasteiger partial charge in [0.05, 0.1) is 6.04 Å². The van der Waals surface area contributed by atoms with Crippen LogP contribution in [-0.4, -0.2) is 22.3 Å². The molecule has 0 bridgehead atoms. The van der Waals surface area contributed by atoms with Crippen LogP contribution >= 0.6 is 0 Å². The van der Waals surface area contributed by atoms with Crippen LogP contribution < -0.4 is 10.6 Å². The van der Waals surface area contributed by atoms with Crippen LogP contribution in [0.15, 0.2) is 4.42 Å². The third kappa shape index (κ3) is 4.20. The maximum absolute atomic E-state index is 5.71. The Hall–Kier alpha value is -1.10. The second-order valence-corrected chi connectivity index (χ2v) is 5.09. The highest BCUT2D eigenvalue weighted by molar-refractivity contribution is 5.24. The summed E-state index contributed by atoms with van der Waals surface area (Å²) < 4.78 is 5.71. The van der Waals surface area contributed by atoms with Crippen LogP contribution in [0.25, 0.3) is 0 Å². The molecule has 0 amide bonds. The fourth-order valence-corrected chi connectivity index (χ4v) is 2.15. The van der Waals surface area contributed by atoms with Crippen molar-refractivity contribution >= 4 is 6.01 Å². The second kappa shape index (κ2) is 7.48. The summed E-state index contributed by atoms with van der Waals surface area (Å²) in [4.78, 5) is 0. The molecule has 0 aliphatic heterocycles. The van der Waals surface area contributed by atoms with Crippen LogP contribution in [0.4, 0.5) is 6.01 Å². The van der Waals surface area contributed by atoms with E-state index in [2.05, 4.69) is 48.5 Å². The number of anilines is 1. The van der Waals surface area contributed by atoms with Gasteiger partial charge in [-0.2, -0.15) is 0 Å². The number of hydrogen-bond acceptors (Lipinski definition) is 5. The zero-order valence-electron chi connectivity index (χ0n) is 12.9. The summed E-state index contributed by atoms with van der Waals surface area (Å²) in [6, 6.07) is 0.632. The molecule has 0 aromatic carbocycles. The molecule has 1 heterocycles. The van der Waals surface area contributed by atoms with E-state index >= 15 is 0 Å². The minimum Gasteiger partial charge on any atom is -0.406 e. The van der Waals surface area contributed by atoms with E-state index in [9.17, 15) is 0 Å². The molecule has 1 aromatic rings. The maximum atomic E-state index is 5.71. The van der Waals surface area contributed by atoms with Gasteiger partial charge < -0.3 is 15.1 Å². The summed E-state index contributed by atoms with van der Waals surface area (Å²) in [5.74, 6) is 0.646. The molecule has 0 fully saturated rings. The molecule has 19 heavy (non-hydrogen) atoms. The molecule has 1 aromatic heterocycles. The molecule has 0 saturated heterocycles. The predicted molar refractivity (Wildman–Crippen MR) is 78.2 cm³/mol. The molecule has 5 heteroatoms. The average Bonchev–Trinajstić information content (AvgIpc) is 2.90. The van der Waals surface area contributed by atoms with E-state index in [1.165, 1.54) is 0 Å². The lowest BCUT2D eigenvalue weighted by atomic mass is 9.90. The van der Waals surface area contributed by atoms with E-state index in [0.717, 1.165) is 32.2 Å². The van der Waals surface area contributed by atoms with Crippen molar-refractivity contribution in [1.29, 1.82) is 0 Å². The molecule has 0 aliphatic rings. The molecule has 1 atom stereocenters. The van der Waals surface area contributed by atoms with Crippen molar-refractivity contribution in [1.82, 2.24) is 15.5 Å². The quantitative estimate of drug-likeness (QED) is 0.717. The average molecular weight is 268 g/mol. The summed E-state index contributed by atoms with van der Waals surface area (Å²) >= 11 is 0. The molecule has 0 spiro atoms. The Kier molecular flexibility index (Phi) is 6.28. The Bertz CT molecular complexity index is 352. The monoisotopic (exact) mass is 268 g/mol. The van der Waals surface area contributed by atoms with E-state index in [-0.39, 0.29) is 11.6 Å². The van der Waals surface area contributed by atoms with Gasteiger partial charge in [-0.25, -0.2) is 0 Å². The highest BCUT2D eigenvalue weighted by Crippen LogP contribution is 2.25. The smallest absolute Gasteiger partial charge is 0.315 e. The fourth-order valence-electron chi connectivity index (χ4n) is 2.15. The van der Waals surface area contributed by atoms with Crippen molar-refractivity contribution in [2.45, 2.75) is 71.9 Å². The van der Waals surface area contributed by atoms with Crippen LogP contribution in [0.5, 0.6) is 0 Å². The van der Waals surface area contributed by atoms with Crippen molar-refractivity contribution < 1.29 is 4.42 Å². The van der Waals surface area contributed by atoms with E-state index in [1.54, 1.807) is 0 Å². The third-order valence-corrected chi connectivity index (χ3v) is 3.91. The summed E-state index contributed by atoms with van der Waals surface area (Å²) in [7, 11) is 0. The van der Waals surface area contributed by atoms with Crippen molar-refractivity contribution in [2.75, 3.05) is 11.9 Å². The van der Waals surface area contributed by atoms with Crippen LogP contribution in [-0.2, 0) is 0 Å². The van der Waals surface area contributed by atoms with Gasteiger partial charge in [0, 0.05) is 5.54 Å². The summed E-state index contributed by atoms with van der Waals surface area (Å²) in [6.45, 7) is 11.7. The molecule has 0 radical (unpaired) electrons. The van der Waals surface area contributed by atoms with E-state index in [1.807, 2.05) is 6.92 Å². The molecular formula is C14H28N4O. The minimum atomic E-state index is 0.0594. The van der Waals surface area contributed by atoms with Crippen molar-refractivity contribution in [3.63, 3.8) is 0 Å². The second-order valence-electron chi connectivity index (χ2n) is 5.09. The molecule has 110 valence electrons. The van der Waals surface area contributed by atoms with Gasteiger partial charge in [0.25, 0.3) is 0 Å². The molecule has 5 nitrogen and oxygen atoms in total. The third-order valence-electron chi connectivity index (χ3n) is 3.91. The lowest BCUT2D eigenvalue weighted by Crippen LogP contribution is -2.36. The number of nitrogens with one attached hydrogen (secondary N) is 2. The summed E-state index contributed by atoms with van der Waals surface area (Å²) in [5.41, 5.74) is 0.0594. The molecule has 1 unspecified atom stereocenters. The van der Waals surface area contributed by atoms with Gasteiger partial charge in [0.2, 0.25) is 5.89 Å². The number of hydrogen-bond donors (Lipinski definition) is 2. The predicted octanol–water partition coefficient (Wildman–Crippen LogP) is 3.51. The van der Waals surface area contributed by atoms with Gasteiger partial charge in [-0.15, -0.1) is 5.10 Å². The van der Waals surface area contributed by atoms with Crippen molar-refractivity contribution in [3.05, 3.63) is 5.89 Å². The topological polar surface area (TPSA) is 63.0 Å². The highest BCUT2D eigenvalue weighted by Gasteiger charge is 2.26. The first-order valence-electron chi connectivity index (χ1n) is 7.45. The van der Waals surface area contributed by atoms with Gasteiger partial charge in [-0.3, -0.25) is 0 Å². The van der Waals surface area contributed by atoms with Crippen molar-refractivity contribution in [3.8, 4) is 0 Å². The summed E-state index contributed by atoms with van der Waals surface area (Å²) in [5, 5.41) is 15.0. The van der Waals surface area contributed by atoms with Crippen LogP contribution in [0.3, 0.4) is 0 Å². The minimum absolute atomic E-state index is 0.0594. The molecule has 2 N–H and O–H groups in total. The molecule has 0 aliphatic carbocycles. The van der Waals surface area contributed by atoms with E-state index in [0.29, 0.717) is 11.9 Å². The lowest BCUT2D eigenvalue weighted by Gasteiger charge is -2.30. The first-order valence-corrected chi connectivity index (χ1v) is 7.45. The SMILES string of the molecule is CCCNC(C)c1nnc(NC(CC)(CC)CC)o1. The Labute approximate surface area is 116 Å². The fraction of sp³-hybridized carbons (Fsp3) is 0.857. The van der Waals surface area contributed by atoms with Crippen molar-refractivity contribution in [2.24, 2.45) is 0 Å². The maximum Gasteiger partial charge on any atom is 0.315 e. The Morgan fingerprint density at radius 2 is 1.74 bits per heavy atom. The molecule has 0 saturated carbocycles. The zero-order valence-corrected chi connectivity index (χ0v) is 12.9. The van der Waals surface area contributed by atoms with Crippen LogP contribution in [0.1, 0.15) is 72.2 Å². The Balaban J connectivity index is 2.68. The van der Waals surface area contributed by atoms with E-state index < -0.39 is 0 Å². The summed E-state index contributed by atoms with van der Waals surface area (Å²) in [6.07, 6.45) is 4.22. The standard InChI is InChI=1S/C14H28N4O/c1-6-10-15-11(5)12-17-18-13(19-12)16-14(7-2,8-3)9-4/h11,15H,6-10H2,1-5H3,(H,16,18). The lowest BCUT2D eigenvalue weighted by molar-refractivity contribution is 0.383. The van der Waals surface area contributed by atoms with Crippen LogP contribution in [0, 0.1) is 0 Å². The zero-order chi connectivity index (χ0) is 14.3. The first-order chi connectivity index (χ1) is 9.10. The number of nitrogens with zero attached hydrogens (tertiary/aromatic N) is 2. The van der Waals surface area contributed by atoms with Gasteiger partial charge in [-0.1, -0.05) is 32.8 Å². The van der Waals surface area contributed by atoms with Gasteiger partial charge >= 0.3 is 6.01 Å². The number of rotatable bonds is 9. The Morgan fingerprint density at radius 3 is 2.26 bits per heavy atom. The van der Waals surface area contributed by atoms with Gasteiger partial charge in [0.1, 0.15) is 0 Å². The normalized spacial score (nSPS) is 13.5. The van der Waals surface area contributed by atoms with E-state index in [4.69, 9.17) is 4.42 Å².